The van der Waals surface area contributed by atoms with Crippen molar-refractivity contribution in [3.05, 3.63) is 58.9 Å². The first-order chi connectivity index (χ1) is 13.0. The van der Waals surface area contributed by atoms with Crippen LogP contribution in [0.3, 0.4) is 0 Å². The van der Waals surface area contributed by atoms with Crippen LogP contribution in [-0.4, -0.2) is 16.8 Å². The van der Waals surface area contributed by atoms with Gasteiger partial charge in [0.1, 0.15) is 17.3 Å². The van der Waals surface area contributed by atoms with Crippen LogP contribution in [0, 0.1) is 5.82 Å². The van der Waals surface area contributed by atoms with Crippen molar-refractivity contribution >= 4 is 28.3 Å². The van der Waals surface area contributed by atoms with Crippen molar-refractivity contribution in [2.24, 2.45) is 0 Å². The summed E-state index contributed by atoms with van der Waals surface area (Å²) in [6.07, 6.45) is 0.485. The van der Waals surface area contributed by atoms with Crippen LogP contribution >= 0.6 is 11.3 Å². The molecule has 8 heteroatoms. The first kappa shape index (κ1) is 18.8. The largest absolute Gasteiger partial charge is 0.458 e. The summed E-state index contributed by atoms with van der Waals surface area (Å²) in [5.41, 5.74) is 1.10. The number of anilines is 1. The quantitative estimate of drug-likeness (QED) is 0.647. The minimum atomic E-state index is -0.310. The van der Waals surface area contributed by atoms with Gasteiger partial charge in [-0.25, -0.2) is 9.37 Å². The van der Waals surface area contributed by atoms with Crippen molar-refractivity contribution < 1.29 is 18.4 Å². The monoisotopic (exact) mass is 387 g/mol. The Morgan fingerprint density at radius 2 is 2.04 bits per heavy atom. The van der Waals surface area contributed by atoms with E-state index >= 15 is 0 Å². The zero-order chi connectivity index (χ0) is 19.2. The molecular weight excluding hydrogens is 369 g/mol. The van der Waals surface area contributed by atoms with E-state index in [0.717, 1.165) is 0 Å². The highest BCUT2D eigenvalue weighted by Crippen LogP contribution is 2.26. The molecular formula is C19H18FN3O3S. The molecule has 6 nitrogen and oxygen atoms in total. The topological polar surface area (TPSA) is 84.2 Å². The lowest BCUT2D eigenvalue weighted by molar-refractivity contribution is -0.119. The number of furan rings is 1. The van der Waals surface area contributed by atoms with Crippen LogP contribution in [0.5, 0.6) is 0 Å². The molecule has 3 rings (SSSR count). The minimum Gasteiger partial charge on any atom is -0.458 e. The third-order valence-corrected chi connectivity index (χ3v) is 4.51. The van der Waals surface area contributed by atoms with E-state index < -0.39 is 0 Å². The Morgan fingerprint density at radius 3 is 2.81 bits per heavy atom. The average molecular weight is 387 g/mol. The van der Waals surface area contributed by atoms with Crippen LogP contribution in [0.15, 0.2) is 46.2 Å². The zero-order valence-corrected chi connectivity index (χ0v) is 15.4. The van der Waals surface area contributed by atoms with Gasteiger partial charge in [0.05, 0.1) is 6.54 Å². The first-order valence-electron chi connectivity index (χ1n) is 8.33. The van der Waals surface area contributed by atoms with Gasteiger partial charge in [0.25, 0.3) is 0 Å². The average Bonchev–Trinajstić information content (AvgIpc) is 3.28. The second-order valence-electron chi connectivity index (χ2n) is 5.85. The Kier molecular flexibility index (Phi) is 5.97. The number of rotatable bonds is 7. The molecule has 0 fully saturated rings. The molecule has 0 aliphatic heterocycles. The maximum atomic E-state index is 13.6. The third-order valence-electron chi connectivity index (χ3n) is 3.76. The number of hydrogen-bond acceptors (Lipinski definition) is 5. The fourth-order valence-electron chi connectivity index (χ4n) is 2.40. The molecule has 0 bridgehead atoms. The van der Waals surface area contributed by atoms with Gasteiger partial charge in [0, 0.05) is 18.7 Å². The van der Waals surface area contributed by atoms with Crippen LogP contribution < -0.4 is 10.6 Å². The number of carbonyl (C=O) groups excluding carboxylic acids is 2. The summed E-state index contributed by atoms with van der Waals surface area (Å²) in [5.74, 6) is 0.490. The molecule has 0 atom stereocenters. The molecule has 140 valence electrons. The SMILES string of the molecule is CC(=O)NCc1ccc(-c2csc(NC(=O)CCc3ccccc3F)n2)o1. The summed E-state index contributed by atoms with van der Waals surface area (Å²) in [5, 5.41) is 7.59. The first-order valence-corrected chi connectivity index (χ1v) is 9.21. The Hall–Kier alpha value is -3.00. The van der Waals surface area contributed by atoms with Crippen molar-refractivity contribution in [2.75, 3.05) is 5.32 Å². The maximum Gasteiger partial charge on any atom is 0.226 e. The van der Waals surface area contributed by atoms with Gasteiger partial charge in [-0.3, -0.25) is 9.59 Å². The number of thiazole rings is 1. The summed E-state index contributed by atoms with van der Waals surface area (Å²) in [4.78, 5) is 27.3. The molecule has 0 aliphatic carbocycles. The van der Waals surface area contributed by atoms with Gasteiger partial charge in [-0.05, 0) is 30.2 Å². The van der Waals surface area contributed by atoms with E-state index in [9.17, 15) is 14.0 Å². The van der Waals surface area contributed by atoms with Crippen LogP contribution in [0.2, 0.25) is 0 Å². The summed E-state index contributed by atoms with van der Waals surface area (Å²) in [7, 11) is 0. The summed E-state index contributed by atoms with van der Waals surface area (Å²) < 4.78 is 19.2. The van der Waals surface area contributed by atoms with E-state index in [0.29, 0.717) is 40.9 Å². The van der Waals surface area contributed by atoms with Gasteiger partial charge in [0.15, 0.2) is 10.9 Å². The van der Waals surface area contributed by atoms with Crippen LogP contribution in [0.25, 0.3) is 11.5 Å². The molecule has 2 aromatic heterocycles. The lowest BCUT2D eigenvalue weighted by Crippen LogP contribution is -2.18. The van der Waals surface area contributed by atoms with Gasteiger partial charge in [-0.1, -0.05) is 18.2 Å². The molecule has 0 spiro atoms. The molecule has 2 amide bonds. The number of nitrogens with one attached hydrogen (secondary N) is 2. The molecule has 2 N–H and O–H groups in total. The van der Waals surface area contributed by atoms with E-state index in [1.807, 2.05) is 0 Å². The molecule has 0 aliphatic rings. The van der Waals surface area contributed by atoms with Crippen LogP contribution in [0.1, 0.15) is 24.7 Å². The lowest BCUT2D eigenvalue weighted by Gasteiger charge is -2.03. The molecule has 0 unspecified atom stereocenters. The number of amides is 2. The summed E-state index contributed by atoms with van der Waals surface area (Å²) in [6, 6.07) is 9.93. The van der Waals surface area contributed by atoms with Crippen molar-refractivity contribution in [1.82, 2.24) is 10.3 Å². The van der Waals surface area contributed by atoms with Gasteiger partial charge >= 0.3 is 0 Å². The fraction of sp³-hybridized carbons (Fsp3) is 0.211. The number of carbonyl (C=O) groups is 2. The van der Waals surface area contributed by atoms with E-state index in [1.165, 1.54) is 24.3 Å². The smallest absolute Gasteiger partial charge is 0.226 e. The number of aromatic nitrogens is 1. The van der Waals surface area contributed by atoms with Gasteiger partial charge in [-0.15, -0.1) is 11.3 Å². The highest BCUT2D eigenvalue weighted by atomic mass is 32.1. The van der Waals surface area contributed by atoms with Gasteiger partial charge < -0.3 is 15.1 Å². The van der Waals surface area contributed by atoms with E-state index in [-0.39, 0.29) is 24.1 Å². The van der Waals surface area contributed by atoms with Crippen LogP contribution in [0.4, 0.5) is 9.52 Å². The standard InChI is InChI=1S/C19H18FN3O3S/c1-12(24)21-10-14-7-8-17(26-14)16-11-27-19(22-16)23-18(25)9-6-13-4-2-3-5-15(13)20/h2-5,7-8,11H,6,9-10H2,1H3,(H,21,24)(H,22,23,25). The molecule has 3 aromatic rings. The van der Waals surface area contributed by atoms with Crippen molar-refractivity contribution in [1.29, 1.82) is 0 Å². The van der Waals surface area contributed by atoms with E-state index in [2.05, 4.69) is 15.6 Å². The lowest BCUT2D eigenvalue weighted by atomic mass is 10.1. The molecule has 0 saturated heterocycles. The van der Waals surface area contributed by atoms with Crippen molar-refractivity contribution in [2.45, 2.75) is 26.3 Å². The fourth-order valence-corrected chi connectivity index (χ4v) is 3.11. The molecule has 0 radical (unpaired) electrons. The Labute approximate surface area is 159 Å². The molecule has 2 heterocycles. The molecule has 0 saturated carbocycles. The van der Waals surface area contributed by atoms with Crippen LogP contribution in [-0.2, 0) is 22.6 Å². The van der Waals surface area contributed by atoms with Crippen molar-refractivity contribution in [3.8, 4) is 11.5 Å². The Morgan fingerprint density at radius 1 is 1.22 bits per heavy atom. The highest BCUT2D eigenvalue weighted by molar-refractivity contribution is 7.14. The zero-order valence-electron chi connectivity index (χ0n) is 14.6. The number of hydrogen-bond donors (Lipinski definition) is 2. The van der Waals surface area contributed by atoms with Crippen molar-refractivity contribution in [3.63, 3.8) is 0 Å². The predicted molar refractivity (Wildman–Crippen MR) is 101 cm³/mol. The number of aryl methyl sites for hydroxylation is 1. The highest BCUT2D eigenvalue weighted by Gasteiger charge is 2.12. The molecule has 1 aromatic carbocycles. The Balaban J connectivity index is 1.55. The summed E-state index contributed by atoms with van der Waals surface area (Å²) in [6.45, 7) is 1.74. The molecule has 27 heavy (non-hydrogen) atoms. The van der Waals surface area contributed by atoms with Gasteiger partial charge in [-0.2, -0.15) is 0 Å². The normalized spacial score (nSPS) is 10.6. The number of halogens is 1. The number of benzene rings is 1. The second-order valence-corrected chi connectivity index (χ2v) is 6.71. The Bertz CT molecular complexity index is 951. The third kappa shape index (κ3) is 5.24. The summed E-state index contributed by atoms with van der Waals surface area (Å²) >= 11 is 1.28. The van der Waals surface area contributed by atoms with Gasteiger partial charge in [0.2, 0.25) is 11.8 Å². The number of nitrogens with zero attached hydrogens (tertiary/aromatic N) is 1. The second kappa shape index (κ2) is 8.59. The predicted octanol–water partition coefficient (Wildman–Crippen LogP) is 3.75. The van der Waals surface area contributed by atoms with E-state index in [1.54, 1.807) is 35.7 Å². The van der Waals surface area contributed by atoms with E-state index in [4.69, 9.17) is 4.42 Å². The minimum absolute atomic E-state index is 0.137. The maximum absolute atomic E-state index is 13.6.